The average molecular weight is 540 g/mol. The normalized spacial score (nSPS) is 16.9. The fourth-order valence-electron chi connectivity index (χ4n) is 3.82. The summed E-state index contributed by atoms with van der Waals surface area (Å²) in [6.45, 7) is -0.184. The molecule has 1 heterocycles. The number of benzene rings is 2. The maximum Gasteiger partial charge on any atom is 0.430 e. The number of hydrogen-bond acceptors (Lipinski definition) is 5. The third kappa shape index (κ3) is 4.84. The number of anilines is 1. The van der Waals surface area contributed by atoms with Crippen molar-refractivity contribution in [3.05, 3.63) is 59.2 Å². The van der Waals surface area contributed by atoms with Gasteiger partial charge in [0.1, 0.15) is 6.04 Å². The zero-order chi connectivity index (χ0) is 27.3. The molecule has 2 aromatic rings. The monoisotopic (exact) mass is 540 g/mol. The molecule has 0 aromatic heterocycles. The molecule has 15 heteroatoms. The summed E-state index contributed by atoms with van der Waals surface area (Å²) in [5.41, 5.74) is -6.42. The van der Waals surface area contributed by atoms with Crippen molar-refractivity contribution in [2.75, 3.05) is 18.1 Å². The summed E-state index contributed by atoms with van der Waals surface area (Å²) in [4.78, 5) is 25.4. The van der Waals surface area contributed by atoms with Crippen LogP contribution < -0.4 is 5.32 Å². The van der Waals surface area contributed by atoms with Crippen LogP contribution in [0.3, 0.4) is 0 Å². The Morgan fingerprint density at radius 2 is 1.56 bits per heavy atom. The first-order valence-electron chi connectivity index (χ1n) is 9.97. The van der Waals surface area contributed by atoms with E-state index in [1.807, 2.05) is 0 Å². The van der Waals surface area contributed by atoms with E-state index in [-0.39, 0.29) is 29.1 Å². The highest BCUT2D eigenvalue weighted by Gasteiger charge is 2.71. The summed E-state index contributed by atoms with van der Waals surface area (Å²) in [5.74, 6) is -0.986. The topological polar surface area (TPSA) is 124 Å². The van der Waals surface area contributed by atoms with Crippen molar-refractivity contribution in [3.63, 3.8) is 0 Å². The lowest BCUT2D eigenvalue weighted by Gasteiger charge is -2.34. The highest BCUT2D eigenvalue weighted by Crippen LogP contribution is 2.50. The van der Waals surface area contributed by atoms with Gasteiger partial charge in [-0.2, -0.15) is 26.3 Å². The predicted molar refractivity (Wildman–Crippen MR) is 112 cm³/mol. The van der Waals surface area contributed by atoms with Crippen LogP contribution in [-0.4, -0.2) is 60.7 Å². The van der Waals surface area contributed by atoms with Crippen LogP contribution in [0, 0.1) is 0 Å². The Kier molecular flexibility index (Phi) is 6.78. The number of carboxylic acid groups (broad SMARTS) is 1. The van der Waals surface area contributed by atoms with Gasteiger partial charge in [0.05, 0.1) is 4.90 Å². The molecule has 1 aliphatic heterocycles. The van der Waals surface area contributed by atoms with Crippen LogP contribution in [0.4, 0.5) is 36.8 Å². The van der Waals surface area contributed by atoms with Gasteiger partial charge in [0, 0.05) is 24.1 Å². The zero-order valence-electron chi connectivity index (χ0n) is 18.2. The van der Waals surface area contributed by atoms with Gasteiger partial charge in [-0.05, 0) is 41.8 Å². The van der Waals surface area contributed by atoms with Gasteiger partial charge >= 0.3 is 18.4 Å². The molecule has 3 N–H and O–H groups in total. The summed E-state index contributed by atoms with van der Waals surface area (Å²) in [6.07, 6.45) is -12.6. The predicted octanol–water partition coefficient (Wildman–Crippen LogP) is 3.62. The number of nitrogens with one attached hydrogen (secondary N) is 1. The first-order valence-corrected chi connectivity index (χ1v) is 11.9. The van der Waals surface area contributed by atoms with E-state index < -0.39 is 51.4 Å². The van der Waals surface area contributed by atoms with Crippen LogP contribution in [0.15, 0.2) is 47.4 Å². The van der Waals surface area contributed by atoms with Crippen LogP contribution in [0.25, 0.3) is 0 Å². The van der Waals surface area contributed by atoms with E-state index in [1.54, 1.807) is 0 Å². The first-order chi connectivity index (χ1) is 16.4. The second-order valence-corrected chi connectivity index (χ2v) is 10.0. The molecule has 196 valence electrons. The average Bonchev–Trinajstić information content (AvgIpc) is 2.75. The molecule has 0 spiro atoms. The fourth-order valence-corrected chi connectivity index (χ4v) is 4.49. The number of sulfone groups is 1. The van der Waals surface area contributed by atoms with E-state index in [0.29, 0.717) is 29.8 Å². The standard InChI is InChI=1S/C21H18F6N2O6S/c1-36(34,35)14-6-7-15-11(10-14)8-9-29(18(31)32)16(15)17(30)28-13-4-2-12(3-5-13)19(33,20(22,23)24)21(25,26)27/h2-7,10,16,33H,8-9H2,1H3,(H,28,30)(H,31,32). The molecule has 0 aliphatic carbocycles. The lowest BCUT2D eigenvalue weighted by Crippen LogP contribution is -2.53. The molecule has 2 aromatic carbocycles. The Morgan fingerprint density at radius 1 is 1.00 bits per heavy atom. The molecule has 0 radical (unpaired) electrons. The number of nitrogens with zero attached hydrogens (tertiary/aromatic N) is 1. The number of carbonyl (C=O) groups excluding carboxylic acids is 1. The molecular formula is C21H18F6N2O6S. The van der Waals surface area contributed by atoms with Crippen molar-refractivity contribution in [1.82, 2.24) is 4.90 Å². The van der Waals surface area contributed by atoms with Gasteiger partial charge in [-0.3, -0.25) is 9.69 Å². The SMILES string of the molecule is CS(=O)(=O)c1ccc2c(c1)CCN(C(=O)O)C2C(=O)Nc1ccc(C(O)(C(F)(F)F)C(F)(F)F)cc1. The lowest BCUT2D eigenvalue weighted by atomic mass is 9.91. The van der Waals surface area contributed by atoms with Crippen LogP contribution in [-0.2, 0) is 26.7 Å². The fraction of sp³-hybridized carbons (Fsp3) is 0.333. The highest BCUT2D eigenvalue weighted by molar-refractivity contribution is 7.90. The third-order valence-electron chi connectivity index (χ3n) is 5.66. The second-order valence-electron chi connectivity index (χ2n) is 8.03. The number of aliphatic hydroxyl groups is 1. The summed E-state index contributed by atoms with van der Waals surface area (Å²) < 4.78 is 102. The molecule has 36 heavy (non-hydrogen) atoms. The lowest BCUT2D eigenvalue weighted by molar-refractivity contribution is -0.376. The van der Waals surface area contributed by atoms with Crippen LogP contribution in [0.5, 0.6) is 0 Å². The minimum absolute atomic E-state index is 0.0541. The number of alkyl halides is 6. The van der Waals surface area contributed by atoms with E-state index in [2.05, 4.69) is 5.32 Å². The van der Waals surface area contributed by atoms with Crippen LogP contribution in [0.2, 0.25) is 0 Å². The van der Waals surface area contributed by atoms with E-state index in [1.165, 1.54) is 18.2 Å². The summed E-state index contributed by atoms with van der Waals surface area (Å²) in [7, 11) is -3.60. The highest BCUT2D eigenvalue weighted by atomic mass is 32.2. The van der Waals surface area contributed by atoms with E-state index >= 15 is 0 Å². The summed E-state index contributed by atoms with van der Waals surface area (Å²) in [5, 5.41) is 21.2. The number of hydrogen-bond donors (Lipinski definition) is 3. The van der Waals surface area contributed by atoms with Gasteiger partial charge in [-0.25, -0.2) is 13.2 Å². The molecule has 2 amide bonds. The van der Waals surface area contributed by atoms with Gasteiger partial charge < -0.3 is 15.5 Å². The maximum absolute atomic E-state index is 13.1. The van der Waals surface area contributed by atoms with Gasteiger partial charge in [-0.15, -0.1) is 0 Å². The van der Waals surface area contributed by atoms with Crippen LogP contribution in [0.1, 0.15) is 22.7 Å². The molecule has 1 atom stereocenters. The van der Waals surface area contributed by atoms with Crippen molar-refractivity contribution in [1.29, 1.82) is 0 Å². The van der Waals surface area contributed by atoms with Gasteiger partial charge in [0.15, 0.2) is 9.84 Å². The molecule has 1 unspecified atom stereocenters. The van der Waals surface area contributed by atoms with Gasteiger partial charge in [-0.1, -0.05) is 18.2 Å². The largest absolute Gasteiger partial charge is 0.465 e. The van der Waals surface area contributed by atoms with Crippen molar-refractivity contribution in [3.8, 4) is 0 Å². The summed E-state index contributed by atoms with van der Waals surface area (Å²) in [6, 6.07) is 4.31. The first kappa shape index (κ1) is 27.3. The molecule has 0 saturated heterocycles. The van der Waals surface area contributed by atoms with Crippen molar-refractivity contribution < 1.29 is 54.6 Å². The number of halogens is 6. The zero-order valence-corrected chi connectivity index (χ0v) is 19.0. The van der Waals surface area contributed by atoms with Gasteiger partial charge in [0.25, 0.3) is 11.5 Å². The van der Waals surface area contributed by atoms with Gasteiger partial charge in [0.2, 0.25) is 0 Å². The Morgan fingerprint density at radius 3 is 2.03 bits per heavy atom. The number of rotatable bonds is 4. The number of fused-ring (bicyclic) bond motifs is 1. The second kappa shape index (κ2) is 8.96. The van der Waals surface area contributed by atoms with Crippen molar-refractivity contribution in [2.45, 2.75) is 35.3 Å². The van der Waals surface area contributed by atoms with E-state index in [0.717, 1.165) is 11.2 Å². The smallest absolute Gasteiger partial charge is 0.430 e. The molecular weight excluding hydrogens is 522 g/mol. The number of amides is 2. The minimum atomic E-state index is -6.09. The maximum atomic E-state index is 13.1. The number of carbonyl (C=O) groups is 2. The molecule has 1 aliphatic rings. The molecule has 8 nitrogen and oxygen atoms in total. The summed E-state index contributed by atoms with van der Waals surface area (Å²) >= 11 is 0. The minimum Gasteiger partial charge on any atom is -0.465 e. The Hall–Kier alpha value is -3.33. The van der Waals surface area contributed by atoms with E-state index in [4.69, 9.17) is 0 Å². The van der Waals surface area contributed by atoms with Crippen molar-refractivity contribution >= 4 is 27.5 Å². The van der Waals surface area contributed by atoms with Crippen LogP contribution >= 0.6 is 0 Å². The Bertz CT molecular complexity index is 1280. The molecule has 3 rings (SSSR count). The quantitative estimate of drug-likeness (QED) is 0.509. The van der Waals surface area contributed by atoms with E-state index in [9.17, 15) is 54.6 Å². The molecule has 0 saturated carbocycles. The Labute approximate surface area is 200 Å². The third-order valence-corrected chi connectivity index (χ3v) is 6.77. The molecule has 0 fully saturated rings. The van der Waals surface area contributed by atoms with Crippen molar-refractivity contribution in [2.24, 2.45) is 0 Å². The molecule has 0 bridgehead atoms. The Balaban J connectivity index is 1.95.